The Hall–Kier alpha value is -1.08. The molecule has 0 bridgehead atoms. The van der Waals surface area contributed by atoms with E-state index < -0.39 is 0 Å². The summed E-state index contributed by atoms with van der Waals surface area (Å²) < 4.78 is 0. The molecular weight excluding hydrogens is 352 g/mol. The summed E-state index contributed by atoms with van der Waals surface area (Å²) >= 11 is 0. The minimum absolute atomic E-state index is 0.182. The van der Waals surface area contributed by atoms with Gasteiger partial charge in [0.1, 0.15) is 0 Å². The number of hydrogen-bond donors (Lipinski definition) is 1. The predicted octanol–water partition coefficient (Wildman–Crippen LogP) is 7.64. The number of hydrogen-bond acceptors (Lipinski definition) is 1. The standard InChI is InChI=1S/C28H44O/c1-19(2)20(3)9-10-22(5)26-15-16-27-23(8-7-17-28(26,27)6)12-13-24-18-25(29)14-11-21(24)4/h9-10,12-13,19-20,22,25-27,29H,4,7-8,11,14-18H2,1-3,5-6H3/b10-9?,23-12+,24-13-/t20-,22+,25-,26?,27-,28+/m0/s1. The summed E-state index contributed by atoms with van der Waals surface area (Å²) in [5.74, 6) is 3.58. The number of aliphatic hydroxyl groups excluding tert-OH is 1. The van der Waals surface area contributed by atoms with Crippen molar-refractivity contribution >= 4 is 0 Å². The second-order valence-electron chi connectivity index (χ2n) is 10.9. The highest BCUT2D eigenvalue weighted by Crippen LogP contribution is 2.59. The SMILES string of the molecule is C=C1CC[C@H](O)C/C1=C/C=C1\CCC[C@]2(C)C([C@H](C)C=C[C@H](C)C(C)C)CC[C@@H]12. The Morgan fingerprint density at radius 1 is 1.03 bits per heavy atom. The smallest absolute Gasteiger partial charge is 0.0583 e. The first-order valence-corrected chi connectivity index (χ1v) is 12.2. The Morgan fingerprint density at radius 3 is 2.52 bits per heavy atom. The first-order chi connectivity index (χ1) is 13.7. The molecule has 0 aromatic heterocycles. The van der Waals surface area contributed by atoms with Crippen LogP contribution in [0.1, 0.15) is 86.0 Å². The van der Waals surface area contributed by atoms with E-state index >= 15 is 0 Å². The lowest BCUT2D eigenvalue weighted by molar-refractivity contribution is 0.112. The van der Waals surface area contributed by atoms with E-state index in [0.29, 0.717) is 17.3 Å². The van der Waals surface area contributed by atoms with Gasteiger partial charge in [0.25, 0.3) is 0 Å². The van der Waals surface area contributed by atoms with Gasteiger partial charge in [-0.3, -0.25) is 0 Å². The second kappa shape index (κ2) is 9.38. The van der Waals surface area contributed by atoms with Crippen LogP contribution in [0.5, 0.6) is 0 Å². The summed E-state index contributed by atoms with van der Waals surface area (Å²) in [6.45, 7) is 16.3. The van der Waals surface area contributed by atoms with E-state index in [-0.39, 0.29) is 6.10 Å². The van der Waals surface area contributed by atoms with E-state index in [4.69, 9.17) is 0 Å². The van der Waals surface area contributed by atoms with Crippen LogP contribution in [0.4, 0.5) is 0 Å². The van der Waals surface area contributed by atoms with Crippen LogP contribution in [0.25, 0.3) is 0 Å². The third kappa shape index (κ3) is 4.98. The van der Waals surface area contributed by atoms with Crippen LogP contribution < -0.4 is 0 Å². The lowest BCUT2D eigenvalue weighted by atomic mass is 9.61. The van der Waals surface area contributed by atoms with E-state index in [1.54, 1.807) is 5.57 Å². The molecule has 0 aromatic rings. The molecule has 0 radical (unpaired) electrons. The van der Waals surface area contributed by atoms with Crippen molar-refractivity contribution in [3.05, 3.63) is 47.6 Å². The molecule has 0 amide bonds. The molecule has 3 fully saturated rings. The molecule has 1 unspecified atom stereocenters. The summed E-state index contributed by atoms with van der Waals surface area (Å²) in [6, 6.07) is 0. The number of allylic oxidation sites excluding steroid dienone is 6. The highest BCUT2D eigenvalue weighted by molar-refractivity contribution is 5.36. The quantitative estimate of drug-likeness (QED) is 0.473. The molecule has 3 saturated carbocycles. The fraction of sp³-hybridized carbons (Fsp3) is 0.714. The van der Waals surface area contributed by atoms with E-state index in [2.05, 4.69) is 65.5 Å². The average Bonchev–Trinajstić information content (AvgIpc) is 3.04. The summed E-state index contributed by atoms with van der Waals surface area (Å²) in [6.07, 6.45) is 18.8. The van der Waals surface area contributed by atoms with Crippen LogP contribution in [-0.2, 0) is 0 Å². The van der Waals surface area contributed by atoms with Gasteiger partial charge in [0.05, 0.1) is 6.10 Å². The average molecular weight is 397 g/mol. The number of rotatable bonds is 5. The second-order valence-corrected chi connectivity index (χ2v) is 10.9. The van der Waals surface area contributed by atoms with Gasteiger partial charge >= 0.3 is 0 Å². The molecule has 1 nitrogen and oxygen atoms in total. The fourth-order valence-electron chi connectivity index (χ4n) is 6.25. The van der Waals surface area contributed by atoms with Gasteiger partial charge in [0.15, 0.2) is 0 Å². The van der Waals surface area contributed by atoms with Crippen molar-refractivity contribution in [2.24, 2.45) is 35.0 Å². The number of fused-ring (bicyclic) bond motifs is 1. The van der Waals surface area contributed by atoms with Gasteiger partial charge < -0.3 is 5.11 Å². The monoisotopic (exact) mass is 396 g/mol. The summed E-state index contributed by atoms with van der Waals surface area (Å²) in [4.78, 5) is 0. The zero-order valence-corrected chi connectivity index (χ0v) is 19.6. The van der Waals surface area contributed by atoms with Gasteiger partial charge in [-0.25, -0.2) is 0 Å². The zero-order chi connectivity index (χ0) is 21.2. The Labute approximate surface area is 180 Å². The molecule has 0 spiro atoms. The van der Waals surface area contributed by atoms with Crippen LogP contribution in [0.3, 0.4) is 0 Å². The van der Waals surface area contributed by atoms with Crippen LogP contribution in [0.15, 0.2) is 47.6 Å². The molecule has 0 aliphatic heterocycles. The van der Waals surface area contributed by atoms with E-state index in [0.717, 1.165) is 37.0 Å². The topological polar surface area (TPSA) is 20.2 Å². The zero-order valence-electron chi connectivity index (χ0n) is 19.6. The van der Waals surface area contributed by atoms with Crippen molar-refractivity contribution in [1.29, 1.82) is 0 Å². The fourth-order valence-corrected chi connectivity index (χ4v) is 6.25. The molecule has 3 aliphatic carbocycles. The lowest BCUT2D eigenvalue weighted by Gasteiger charge is -2.44. The van der Waals surface area contributed by atoms with Crippen LogP contribution in [0.2, 0.25) is 0 Å². The van der Waals surface area contributed by atoms with Crippen molar-refractivity contribution in [2.75, 3.05) is 0 Å². The molecule has 0 saturated heterocycles. The largest absolute Gasteiger partial charge is 0.393 e. The van der Waals surface area contributed by atoms with Crippen molar-refractivity contribution in [3.8, 4) is 0 Å². The highest BCUT2D eigenvalue weighted by Gasteiger charge is 2.50. The van der Waals surface area contributed by atoms with Crippen molar-refractivity contribution in [1.82, 2.24) is 0 Å². The number of aliphatic hydroxyl groups is 1. The molecule has 0 aromatic carbocycles. The molecule has 1 N–H and O–H groups in total. The molecule has 6 atom stereocenters. The van der Waals surface area contributed by atoms with Crippen LogP contribution >= 0.6 is 0 Å². The van der Waals surface area contributed by atoms with Crippen LogP contribution in [0, 0.1) is 35.0 Å². The van der Waals surface area contributed by atoms with Crippen molar-refractivity contribution in [2.45, 2.75) is 92.1 Å². The summed E-state index contributed by atoms with van der Waals surface area (Å²) in [5.41, 5.74) is 4.61. The maximum Gasteiger partial charge on any atom is 0.0583 e. The lowest BCUT2D eigenvalue weighted by Crippen LogP contribution is -2.35. The maximum absolute atomic E-state index is 10.0. The van der Waals surface area contributed by atoms with Gasteiger partial charge in [-0.15, -0.1) is 0 Å². The predicted molar refractivity (Wildman–Crippen MR) is 126 cm³/mol. The van der Waals surface area contributed by atoms with Gasteiger partial charge in [0.2, 0.25) is 0 Å². The Kier molecular flexibility index (Phi) is 7.31. The van der Waals surface area contributed by atoms with Crippen LogP contribution in [-0.4, -0.2) is 11.2 Å². The molecule has 3 rings (SSSR count). The van der Waals surface area contributed by atoms with Gasteiger partial charge in [0, 0.05) is 0 Å². The van der Waals surface area contributed by atoms with E-state index in [1.165, 1.54) is 43.3 Å². The molecule has 3 aliphatic rings. The first-order valence-electron chi connectivity index (χ1n) is 12.2. The molecule has 0 heterocycles. The Bertz CT molecular complexity index is 678. The molecular formula is C28H44O. The van der Waals surface area contributed by atoms with E-state index in [1.807, 2.05) is 0 Å². The minimum atomic E-state index is -0.182. The summed E-state index contributed by atoms with van der Waals surface area (Å²) in [7, 11) is 0. The summed E-state index contributed by atoms with van der Waals surface area (Å²) in [5, 5.41) is 10.0. The molecule has 29 heavy (non-hydrogen) atoms. The van der Waals surface area contributed by atoms with E-state index in [9.17, 15) is 5.11 Å². The molecule has 162 valence electrons. The van der Waals surface area contributed by atoms with Crippen molar-refractivity contribution < 1.29 is 5.11 Å². The van der Waals surface area contributed by atoms with Gasteiger partial charge in [-0.05, 0) is 91.9 Å². The Balaban J connectivity index is 1.75. The highest BCUT2D eigenvalue weighted by atomic mass is 16.3. The third-order valence-corrected chi connectivity index (χ3v) is 8.63. The first kappa shape index (κ1) is 22.6. The maximum atomic E-state index is 10.0. The third-order valence-electron chi connectivity index (χ3n) is 8.63. The Morgan fingerprint density at radius 2 is 1.79 bits per heavy atom. The molecule has 1 heteroatoms. The minimum Gasteiger partial charge on any atom is -0.393 e. The van der Waals surface area contributed by atoms with Crippen molar-refractivity contribution in [3.63, 3.8) is 0 Å². The normalized spacial score (nSPS) is 38.2. The van der Waals surface area contributed by atoms with Gasteiger partial charge in [-0.2, -0.15) is 0 Å². The van der Waals surface area contributed by atoms with Gasteiger partial charge in [-0.1, -0.05) is 76.6 Å².